The molecule has 0 aromatic heterocycles. The molecule has 0 bridgehead atoms. The summed E-state index contributed by atoms with van der Waals surface area (Å²) >= 11 is 0. The molecular weight excluding hydrogens is 278 g/mol. The first kappa shape index (κ1) is 18.7. The third kappa shape index (κ3) is 5.78. The van der Waals surface area contributed by atoms with E-state index in [1.54, 1.807) is 7.11 Å². The van der Waals surface area contributed by atoms with E-state index in [4.69, 9.17) is 9.47 Å². The van der Waals surface area contributed by atoms with E-state index in [0.29, 0.717) is 19.8 Å². The Morgan fingerprint density at radius 1 is 1.27 bits per heavy atom. The molecule has 1 saturated heterocycles. The third-order valence-electron chi connectivity index (χ3n) is 3.54. The highest BCUT2D eigenvalue weighted by atomic mass is 16.7. The molecule has 1 aliphatic heterocycles. The van der Waals surface area contributed by atoms with Crippen molar-refractivity contribution < 1.29 is 14.3 Å². The summed E-state index contributed by atoms with van der Waals surface area (Å²) in [4.78, 5) is 14.0. The summed E-state index contributed by atoms with van der Waals surface area (Å²) < 4.78 is 10.2. The van der Waals surface area contributed by atoms with Gasteiger partial charge in [0.25, 0.3) is 0 Å². The summed E-state index contributed by atoms with van der Waals surface area (Å²) in [5.41, 5.74) is 1.18. The number of carbonyl (C=O) groups is 1. The summed E-state index contributed by atoms with van der Waals surface area (Å²) in [5.74, 6) is 0.483. The number of ether oxygens (including phenoxy) is 2. The topological polar surface area (TPSA) is 38.8 Å². The van der Waals surface area contributed by atoms with Crippen molar-refractivity contribution in [1.82, 2.24) is 4.90 Å². The van der Waals surface area contributed by atoms with Crippen LogP contribution in [0, 0.1) is 5.92 Å². The molecule has 1 amide bonds. The van der Waals surface area contributed by atoms with Crippen LogP contribution in [0.25, 0.3) is 0 Å². The lowest BCUT2D eigenvalue weighted by Gasteiger charge is -2.25. The molecular formula is C18H29NO3. The van der Waals surface area contributed by atoms with Gasteiger partial charge in [0, 0.05) is 26.0 Å². The number of benzene rings is 1. The molecule has 1 aliphatic rings. The molecule has 124 valence electrons. The lowest BCUT2D eigenvalue weighted by atomic mass is 10.1. The fourth-order valence-electron chi connectivity index (χ4n) is 2.50. The number of amides is 1. The second kappa shape index (κ2) is 10.4. The molecule has 1 aromatic rings. The minimum Gasteiger partial charge on any atom is -0.359 e. The van der Waals surface area contributed by atoms with Gasteiger partial charge in [0.2, 0.25) is 5.91 Å². The molecule has 2 unspecified atom stereocenters. The maximum absolute atomic E-state index is 12.1. The summed E-state index contributed by atoms with van der Waals surface area (Å²) in [6.45, 7) is 7.96. The van der Waals surface area contributed by atoms with Gasteiger partial charge in [-0.2, -0.15) is 0 Å². The zero-order valence-corrected chi connectivity index (χ0v) is 14.2. The van der Waals surface area contributed by atoms with Gasteiger partial charge in [0.1, 0.15) is 6.79 Å². The van der Waals surface area contributed by atoms with Gasteiger partial charge in [0.15, 0.2) is 0 Å². The average molecular weight is 307 g/mol. The Balaban J connectivity index is 0.000000745. The van der Waals surface area contributed by atoms with Crippen LogP contribution in [0.4, 0.5) is 0 Å². The number of hydrogen-bond acceptors (Lipinski definition) is 3. The van der Waals surface area contributed by atoms with Crippen molar-refractivity contribution in [3.05, 3.63) is 35.9 Å². The van der Waals surface area contributed by atoms with Gasteiger partial charge < -0.3 is 14.4 Å². The van der Waals surface area contributed by atoms with Gasteiger partial charge in [-0.3, -0.25) is 4.79 Å². The van der Waals surface area contributed by atoms with Crippen LogP contribution in [0.2, 0.25) is 0 Å². The van der Waals surface area contributed by atoms with E-state index in [1.807, 2.05) is 23.1 Å². The van der Waals surface area contributed by atoms with Crippen molar-refractivity contribution in [2.24, 2.45) is 5.92 Å². The maximum Gasteiger partial charge on any atom is 0.223 e. The third-order valence-corrected chi connectivity index (χ3v) is 3.54. The highest BCUT2D eigenvalue weighted by molar-refractivity contribution is 5.79. The van der Waals surface area contributed by atoms with Gasteiger partial charge in [-0.15, -0.1) is 0 Å². The molecule has 22 heavy (non-hydrogen) atoms. The van der Waals surface area contributed by atoms with Crippen LogP contribution in [0.15, 0.2) is 30.3 Å². The lowest BCUT2D eigenvalue weighted by Crippen LogP contribution is -2.28. The molecule has 1 heterocycles. The van der Waals surface area contributed by atoms with Crippen molar-refractivity contribution in [1.29, 1.82) is 0 Å². The van der Waals surface area contributed by atoms with Gasteiger partial charge in [-0.1, -0.05) is 50.6 Å². The molecule has 0 spiro atoms. The van der Waals surface area contributed by atoms with Crippen LogP contribution in [-0.2, 0) is 14.3 Å². The van der Waals surface area contributed by atoms with E-state index in [2.05, 4.69) is 32.9 Å². The molecule has 2 atom stereocenters. The van der Waals surface area contributed by atoms with Crippen molar-refractivity contribution >= 4 is 5.91 Å². The minimum atomic E-state index is 0.126. The van der Waals surface area contributed by atoms with Crippen LogP contribution < -0.4 is 0 Å². The second-order valence-electron chi connectivity index (χ2n) is 5.69. The van der Waals surface area contributed by atoms with E-state index < -0.39 is 0 Å². The quantitative estimate of drug-likeness (QED) is 0.595. The molecule has 0 radical (unpaired) electrons. The predicted molar refractivity (Wildman–Crippen MR) is 88.5 cm³/mol. The van der Waals surface area contributed by atoms with Crippen molar-refractivity contribution in [2.75, 3.05) is 27.1 Å². The first-order valence-corrected chi connectivity index (χ1v) is 8.05. The Bertz CT molecular complexity index is 422. The molecule has 2 rings (SSSR count). The smallest absolute Gasteiger partial charge is 0.223 e. The summed E-state index contributed by atoms with van der Waals surface area (Å²) in [6.07, 6.45) is 1.82. The largest absolute Gasteiger partial charge is 0.359 e. The van der Waals surface area contributed by atoms with Gasteiger partial charge >= 0.3 is 0 Å². The molecule has 0 aliphatic carbocycles. The lowest BCUT2D eigenvalue weighted by molar-refractivity contribution is -0.129. The number of likely N-dealkylation sites (tertiary alicyclic amines) is 1. The normalized spacial score (nSPS) is 18.8. The molecule has 1 fully saturated rings. The van der Waals surface area contributed by atoms with E-state index >= 15 is 0 Å². The van der Waals surface area contributed by atoms with Gasteiger partial charge in [-0.05, 0) is 12.5 Å². The predicted octanol–water partition coefficient (Wildman–Crippen LogP) is 3.63. The fourth-order valence-corrected chi connectivity index (χ4v) is 2.50. The van der Waals surface area contributed by atoms with E-state index in [1.165, 1.54) is 12.0 Å². The van der Waals surface area contributed by atoms with E-state index in [9.17, 15) is 4.79 Å². The summed E-state index contributed by atoms with van der Waals surface area (Å²) in [6, 6.07) is 10.3. The standard InChI is InChI=1S/C15H21NO3.C3H8/c1-12(14-6-4-3-5-7-14)16-9-13(8-15(16)17)10-19-11-18-2;1-3-2/h3-7,12-13H,8-11H2,1-2H3;3H2,1-2H3. The van der Waals surface area contributed by atoms with Crippen LogP contribution in [0.3, 0.4) is 0 Å². The summed E-state index contributed by atoms with van der Waals surface area (Å²) in [5, 5.41) is 0. The molecule has 0 saturated carbocycles. The first-order valence-electron chi connectivity index (χ1n) is 8.05. The van der Waals surface area contributed by atoms with Crippen LogP contribution in [0.5, 0.6) is 0 Å². The van der Waals surface area contributed by atoms with E-state index in [0.717, 1.165) is 6.54 Å². The van der Waals surface area contributed by atoms with Crippen molar-refractivity contribution in [3.8, 4) is 0 Å². The minimum absolute atomic E-state index is 0.126. The zero-order valence-electron chi connectivity index (χ0n) is 14.2. The van der Waals surface area contributed by atoms with Gasteiger partial charge in [0.05, 0.1) is 12.6 Å². The number of methoxy groups -OCH3 is 1. The van der Waals surface area contributed by atoms with Crippen LogP contribution in [-0.4, -0.2) is 37.9 Å². The Kier molecular flexibility index (Phi) is 8.78. The van der Waals surface area contributed by atoms with Gasteiger partial charge in [-0.25, -0.2) is 0 Å². The first-order chi connectivity index (χ1) is 10.6. The number of carbonyl (C=O) groups excluding carboxylic acids is 1. The fraction of sp³-hybridized carbons (Fsp3) is 0.611. The number of hydrogen-bond donors (Lipinski definition) is 0. The van der Waals surface area contributed by atoms with Crippen LogP contribution in [0.1, 0.15) is 45.2 Å². The summed E-state index contributed by atoms with van der Waals surface area (Å²) in [7, 11) is 1.60. The van der Waals surface area contributed by atoms with Crippen molar-refractivity contribution in [2.45, 2.75) is 39.7 Å². The molecule has 4 heteroatoms. The van der Waals surface area contributed by atoms with Crippen molar-refractivity contribution in [3.63, 3.8) is 0 Å². The zero-order chi connectivity index (χ0) is 16.4. The Morgan fingerprint density at radius 3 is 2.50 bits per heavy atom. The highest BCUT2D eigenvalue weighted by Crippen LogP contribution is 2.28. The second-order valence-corrected chi connectivity index (χ2v) is 5.69. The molecule has 1 aromatic carbocycles. The van der Waals surface area contributed by atoms with Crippen LogP contribution >= 0.6 is 0 Å². The molecule has 4 nitrogen and oxygen atoms in total. The average Bonchev–Trinajstić information content (AvgIpc) is 2.89. The molecule has 0 N–H and O–H groups in total. The van der Waals surface area contributed by atoms with E-state index in [-0.39, 0.29) is 17.9 Å². The Hall–Kier alpha value is -1.39. The Morgan fingerprint density at radius 2 is 1.91 bits per heavy atom. The number of nitrogens with zero attached hydrogens (tertiary/aromatic N) is 1. The number of rotatable bonds is 6. The monoisotopic (exact) mass is 307 g/mol. The maximum atomic E-state index is 12.1. The highest BCUT2D eigenvalue weighted by Gasteiger charge is 2.33. The Labute approximate surface area is 134 Å². The SMILES string of the molecule is CCC.COCOCC1CC(=O)N(C(C)c2ccccc2)C1.